The molecule has 2 aromatic carbocycles. The summed E-state index contributed by atoms with van der Waals surface area (Å²) in [6, 6.07) is 13.4. The Morgan fingerprint density at radius 1 is 1.18 bits per heavy atom. The minimum atomic E-state index is -0.0870. The number of thiocarbonyl (C=S) groups is 1. The van der Waals surface area contributed by atoms with Gasteiger partial charge >= 0.3 is 0 Å². The fourth-order valence-corrected chi connectivity index (χ4v) is 4.39. The quantitative estimate of drug-likeness (QED) is 0.423. The Morgan fingerprint density at radius 3 is 2.57 bits per heavy atom. The van der Waals surface area contributed by atoms with E-state index in [0.717, 1.165) is 11.1 Å². The van der Waals surface area contributed by atoms with E-state index in [1.54, 1.807) is 17.0 Å². The average molecular weight is 434 g/mol. The number of thioether (sulfide) groups is 1. The van der Waals surface area contributed by atoms with E-state index in [0.29, 0.717) is 45.5 Å². The van der Waals surface area contributed by atoms with E-state index in [4.69, 9.17) is 33.3 Å². The second-order valence-electron chi connectivity index (χ2n) is 5.96. The largest absolute Gasteiger partial charge is 0.490 e. The minimum Gasteiger partial charge on any atom is -0.490 e. The molecule has 1 heterocycles. The Hall–Kier alpha value is -2.02. The van der Waals surface area contributed by atoms with Crippen LogP contribution in [0.15, 0.2) is 47.4 Å². The number of hydrogen-bond donors (Lipinski definition) is 0. The third-order valence-electron chi connectivity index (χ3n) is 4.05. The third-order valence-corrected chi connectivity index (χ3v) is 5.70. The van der Waals surface area contributed by atoms with E-state index >= 15 is 0 Å². The van der Waals surface area contributed by atoms with Crippen LogP contribution in [-0.4, -0.2) is 28.3 Å². The number of nitrogens with zero attached hydrogens (tertiary/aromatic N) is 1. The van der Waals surface area contributed by atoms with E-state index in [9.17, 15) is 4.79 Å². The van der Waals surface area contributed by atoms with E-state index in [-0.39, 0.29) is 5.91 Å². The predicted octanol–water partition coefficient (Wildman–Crippen LogP) is 5.54. The number of benzene rings is 2. The molecule has 0 radical (unpaired) electrons. The molecule has 1 saturated heterocycles. The average Bonchev–Trinajstić information content (AvgIpc) is 2.94. The van der Waals surface area contributed by atoms with Gasteiger partial charge in [0.15, 0.2) is 11.5 Å². The Kier molecular flexibility index (Phi) is 6.99. The van der Waals surface area contributed by atoms with Crippen molar-refractivity contribution in [2.45, 2.75) is 20.5 Å². The van der Waals surface area contributed by atoms with Crippen LogP contribution >= 0.6 is 35.6 Å². The lowest BCUT2D eigenvalue weighted by Gasteiger charge is -2.15. The first-order valence-electron chi connectivity index (χ1n) is 8.92. The molecule has 0 unspecified atom stereocenters. The summed E-state index contributed by atoms with van der Waals surface area (Å²) in [4.78, 5) is 14.6. The molecule has 0 N–H and O–H groups in total. The summed E-state index contributed by atoms with van der Waals surface area (Å²) in [5.74, 6) is 0.949. The lowest BCUT2D eigenvalue weighted by molar-refractivity contribution is -0.121. The fraction of sp³-hybridized carbons (Fsp3) is 0.238. The van der Waals surface area contributed by atoms with Crippen molar-refractivity contribution in [3.05, 3.63) is 63.5 Å². The number of ether oxygens (including phenoxy) is 2. The van der Waals surface area contributed by atoms with Gasteiger partial charge in [0, 0.05) is 6.54 Å². The maximum Gasteiger partial charge on any atom is 0.266 e. The van der Waals surface area contributed by atoms with Crippen molar-refractivity contribution in [1.29, 1.82) is 0 Å². The number of likely N-dealkylation sites (N-methyl/N-ethyl adjacent to an activating group) is 1. The highest BCUT2D eigenvalue weighted by Gasteiger charge is 2.30. The second kappa shape index (κ2) is 9.45. The molecular formula is C21H20ClNO3S2. The summed E-state index contributed by atoms with van der Waals surface area (Å²) >= 11 is 13.0. The van der Waals surface area contributed by atoms with Crippen LogP contribution in [0, 0.1) is 0 Å². The first-order valence-corrected chi connectivity index (χ1v) is 10.5. The second-order valence-corrected chi connectivity index (χ2v) is 8.05. The van der Waals surface area contributed by atoms with Crippen LogP contribution in [0.2, 0.25) is 5.02 Å². The van der Waals surface area contributed by atoms with Crippen molar-refractivity contribution in [2.75, 3.05) is 13.2 Å². The lowest BCUT2D eigenvalue weighted by Crippen LogP contribution is -2.27. The molecule has 28 heavy (non-hydrogen) atoms. The molecule has 1 amide bonds. The van der Waals surface area contributed by atoms with Crippen LogP contribution in [0.4, 0.5) is 0 Å². The van der Waals surface area contributed by atoms with Crippen LogP contribution < -0.4 is 9.47 Å². The van der Waals surface area contributed by atoms with E-state index < -0.39 is 0 Å². The highest BCUT2D eigenvalue weighted by molar-refractivity contribution is 8.26. The fourth-order valence-electron chi connectivity index (χ4n) is 2.73. The maximum absolute atomic E-state index is 12.4. The van der Waals surface area contributed by atoms with Crippen LogP contribution in [0.1, 0.15) is 25.0 Å². The Morgan fingerprint density at radius 2 is 1.93 bits per heavy atom. The summed E-state index contributed by atoms with van der Waals surface area (Å²) < 4.78 is 12.2. The Bertz CT molecular complexity index is 915. The minimum absolute atomic E-state index is 0.0870. The van der Waals surface area contributed by atoms with Gasteiger partial charge in [-0.15, -0.1) is 0 Å². The smallest absolute Gasteiger partial charge is 0.266 e. The molecule has 1 fully saturated rings. The molecule has 0 spiro atoms. The van der Waals surface area contributed by atoms with Gasteiger partial charge in [-0.1, -0.05) is 65.9 Å². The van der Waals surface area contributed by atoms with Crippen LogP contribution in [-0.2, 0) is 11.4 Å². The van der Waals surface area contributed by atoms with Crippen molar-refractivity contribution in [2.24, 2.45) is 0 Å². The first kappa shape index (κ1) is 20.7. The van der Waals surface area contributed by atoms with Crippen molar-refractivity contribution in [1.82, 2.24) is 4.90 Å². The van der Waals surface area contributed by atoms with Crippen molar-refractivity contribution in [3.63, 3.8) is 0 Å². The van der Waals surface area contributed by atoms with Crippen molar-refractivity contribution in [3.8, 4) is 11.5 Å². The van der Waals surface area contributed by atoms with Crippen LogP contribution in [0.3, 0.4) is 0 Å². The summed E-state index contributed by atoms with van der Waals surface area (Å²) in [5.41, 5.74) is 1.80. The molecule has 4 nitrogen and oxygen atoms in total. The zero-order valence-electron chi connectivity index (χ0n) is 15.6. The Balaban J connectivity index is 1.87. The highest BCUT2D eigenvalue weighted by atomic mass is 35.5. The van der Waals surface area contributed by atoms with Crippen LogP contribution in [0.25, 0.3) is 6.08 Å². The number of halogens is 1. The van der Waals surface area contributed by atoms with Gasteiger partial charge in [0.1, 0.15) is 10.9 Å². The molecule has 0 atom stereocenters. The normalized spacial score (nSPS) is 15.4. The van der Waals surface area contributed by atoms with Crippen molar-refractivity contribution < 1.29 is 14.3 Å². The van der Waals surface area contributed by atoms with Crippen molar-refractivity contribution >= 4 is 51.9 Å². The van der Waals surface area contributed by atoms with Gasteiger partial charge in [-0.2, -0.15) is 0 Å². The molecule has 0 saturated carbocycles. The van der Waals surface area contributed by atoms with Gasteiger partial charge in [-0.3, -0.25) is 9.69 Å². The zero-order chi connectivity index (χ0) is 20.1. The Labute approximate surface area is 179 Å². The topological polar surface area (TPSA) is 38.8 Å². The van der Waals surface area contributed by atoms with Gasteiger partial charge in [0.25, 0.3) is 5.91 Å². The monoisotopic (exact) mass is 433 g/mol. The van der Waals surface area contributed by atoms with E-state index in [1.807, 2.05) is 50.2 Å². The number of carbonyl (C=O) groups excluding carboxylic acids is 1. The molecule has 0 bridgehead atoms. The predicted molar refractivity (Wildman–Crippen MR) is 119 cm³/mol. The number of carbonyl (C=O) groups is 1. The molecular weight excluding hydrogens is 414 g/mol. The van der Waals surface area contributed by atoms with Gasteiger partial charge in [0.2, 0.25) is 0 Å². The molecule has 2 aromatic rings. The van der Waals surface area contributed by atoms with Gasteiger partial charge < -0.3 is 9.47 Å². The van der Waals surface area contributed by atoms with E-state index in [2.05, 4.69) is 0 Å². The SMILES string of the molecule is CCOc1cc(/C=C2\SC(=S)N(CC)C2=O)cc(Cl)c1OCc1ccccc1. The third kappa shape index (κ3) is 4.69. The molecule has 1 aliphatic heterocycles. The van der Waals surface area contributed by atoms with Gasteiger partial charge in [0.05, 0.1) is 16.5 Å². The molecule has 0 aromatic heterocycles. The summed E-state index contributed by atoms with van der Waals surface area (Å²) in [7, 11) is 0. The first-order chi connectivity index (χ1) is 13.5. The summed E-state index contributed by atoms with van der Waals surface area (Å²) in [6.07, 6.45) is 1.78. The summed E-state index contributed by atoms with van der Waals surface area (Å²) in [6.45, 7) is 5.21. The maximum atomic E-state index is 12.4. The molecule has 3 rings (SSSR count). The molecule has 0 aliphatic carbocycles. The zero-order valence-corrected chi connectivity index (χ0v) is 18.0. The lowest BCUT2D eigenvalue weighted by atomic mass is 10.1. The summed E-state index contributed by atoms with van der Waals surface area (Å²) in [5, 5.41) is 0.430. The van der Waals surface area contributed by atoms with Gasteiger partial charge in [-0.25, -0.2) is 0 Å². The number of hydrogen-bond acceptors (Lipinski definition) is 5. The molecule has 7 heteroatoms. The van der Waals surface area contributed by atoms with E-state index in [1.165, 1.54) is 11.8 Å². The van der Waals surface area contributed by atoms with Crippen LogP contribution in [0.5, 0.6) is 11.5 Å². The highest BCUT2D eigenvalue weighted by Crippen LogP contribution is 2.39. The standard InChI is InChI=1S/C21H20ClNO3S2/c1-3-23-20(24)18(28-21(23)27)12-15-10-16(22)19(17(11-15)25-4-2)26-13-14-8-6-5-7-9-14/h5-12H,3-4,13H2,1-2H3/b18-12-. The molecule has 1 aliphatic rings. The van der Waals surface area contributed by atoms with Gasteiger partial charge in [-0.05, 0) is 43.2 Å². The number of rotatable bonds is 7. The molecule has 146 valence electrons. The number of amides is 1.